The van der Waals surface area contributed by atoms with Gasteiger partial charge in [-0.2, -0.15) is 0 Å². The Hall–Kier alpha value is -4.53. The van der Waals surface area contributed by atoms with Gasteiger partial charge in [0.15, 0.2) is 5.54 Å². The van der Waals surface area contributed by atoms with Gasteiger partial charge in [-0.25, -0.2) is 4.79 Å². The molecule has 3 aromatic carbocycles. The lowest BCUT2D eigenvalue weighted by atomic mass is 9.82. The molecular weight excluding hydrogens is 412 g/mol. The summed E-state index contributed by atoms with van der Waals surface area (Å²) in [6.07, 6.45) is 0. The van der Waals surface area contributed by atoms with Crippen LogP contribution in [0, 0.1) is 10.1 Å². The Morgan fingerprint density at radius 1 is 0.906 bits per heavy atom. The minimum absolute atomic E-state index is 0.118. The highest BCUT2D eigenvalue weighted by molar-refractivity contribution is 6.12. The first kappa shape index (κ1) is 20.7. The van der Waals surface area contributed by atoms with Crippen molar-refractivity contribution in [1.82, 2.24) is 10.2 Å². The zero-order valence-electron chi connectivity index (χ0n) is 16.7. The molecule has 32 heavy (non-hydrogen) atoms. The third-order valence-corrected chi connectivity index (χ3v) is 5.18. The number of nitro benzene ring substituents is 1. The number of nitrogens with zero attached hydrogens (tertiary/aromatic N) is 2. The smallest absolute Gasteiger partial charge is 0.325 e. The number of imide groups is 1. The number of anilines is 1. The summed E-state index contributed by atoms with van der Waals surface area (Å²) in [5.41, 5.74) is -0.115. The van der Waals surface area contributed by atoms with Crippen LogP contribution in [0.25, 0.3) is 0 Å². The molecule has 1 saturated heterocycles. The van der Waals surface area contributed by atoms with E-state index in [1.165, 1.54) is 24.3 Å². The number of non-ortho nitro benzene ring substituents is 1. The van der Waals surface area contributed by atoms with E-state index in [4.69, 9.17) is 0 Å². The minimum Gasteiger partial charge on any atom is -0.325 e. The van der Waals surface area contributed by atoms with Crippen LogP contribution >= 0.6 is 0 Å². The van der Waals surface area contributed by atoms with Crippen LogP contribution in [0.1, 0.15) is 11.1 Å². The molecule has 1 aliphatic heterocycles. The van der Waals surface area contributed by atoms with E-state index in [1.54, 1.807) is 60.7 Å². The van der Waals surface area contributed by atoms with Crippen molar-refractivity contribution in [3.8, 4) is 0 Å². The largest absolute Gasteiger partial charge is 0.326 e. The van der Waals surface area contributed by atoms with Crippen molar-refractivity contribution in [2.75, 3.05) is 11.9 Å². The molecule has 0 radical (unpaired) electrons. The molecule has 4 rings (SSSR count). The molecule has 1 aliphatic rings. The Morgan fingerprint density at radius 2 is 1.44 bits per heavy atom. The first-order valence-electron chi connectivity index (χ1n) is 9.71. The summed E-state index contributed by atoms with van der Waals surface area (Å²) in [7, 11) is 0. The second-order valence-corrected chi connectivity index (χ2v) is 7.16. The van der Waals surface area contributed by atoms with Crippen molar-refractivity contribution in [3.63, 3.8) is 0 Å². The fourth-order valence-corrected chi connectivity index (χ4v) is 3.66. The second kappa shape index (κ2) is 8.31. The highest BCUT2D eigenvalue weighted by atomic mass is 16.6. The SMILES string of the molecule is O=C(CN1C(=O)NC(c2ccccc2)(c2ccccc2)C1=O)Nc1ccc([N+](=O)[O-])cc1. The quantitative estimate of drug-likeness (QED) is 0.354. The summed E-state index contributed by atoms with van der Waals surface area (Å²) >= 11 is 0. The van der Waals surface area contributed by atoms with Gasteiger partial charge in [0.2, 0.25) is 5.91 Å². The van der Waals surface area contributed by atoms with Crippen molar-refractivity contribution in [1.29, 1.82) is 0 Å². The van der Waals surface area contributed by atoms with Gasteiger partial charge in [-0.05, 0) is 23.3 Å². The molecule has 0 spiro atoms. The third kappa shape index (κ3) is 3.67. The van der Waals surface area contributed by atoms with Crippen molar-refractivity contribution in [3.05, 3.63) is 106 Å². The molecule has 0 atom stereocenters. The number of carbonyl (C=O) groups excluding carboxylic acids is 3. The zero-order chi connectivity index (χ0) is 22.7. The first-order chi connectivity index (χ1) is 15.4. The summed E-state index contributed by atoms with van der Waals surface area (Å²) in [5.74, 6) is -1.18. The fraction of sp³-hybridized carbons (Fsp3) is 0.0870. The Bertz CT molecular complexity index is 1140. The molecule has 2 N–H and O–H groups in total. The van der Waals surface area contributed by atoms with Crippen LogP contribution in [0.3, 0.4) is 0 Å². The third-order valence-electron chi connectivity index (χ3n) is 5.18. The molecule has 160 valence electrons. The average molecular weight is 430 g/mol. The van der Waals surface area contributed by atoms with Crippen molar-refractivity contribution >= 4 is 29.2 Å². The Morgan fingerprint density at radius 3 is 1.94 bits per heavy atom. The van der Waals surface area contributed by atoms with Gasteiger partial charge in [0.05, 0.1) is 4.92 Å². The van der Waals surface area contributed by atoms with Gasteiger partial charge in [-0.1, -0.05) is 60.7 Å². The number of benzene rings is 3. The van der Waals surface area contributed by atoms with E-state index in [1.807, 2.05) is 0 Å². The van der Waals surface area contributed by atoms with Crippen LogP contribution in [-0.2, 0) is 15.1 Å². The lowest BCUT2D eigenvalue weighted by Crippen LogP contribution is -2.45. The van der Waals surface area contributed by atoms with Crippen LogP contribution < -0.4 is 10.6 Å². The Balaban J connectivity index is 1.59. The number of rotatable bonds is 6. The fourth-order valence-electron chi connectivity index (χ4n) is 3.66. The Labute approximate surface area is 182 Å². The summed E-state index contributed by atoms with van der Waals surface area (Å²) in [6, 6.07) is 22.2. The van der Waals surface area contributed by atoms with Gasteiger partial charge >= 0.3 is 6.03 Å². The van der Waals surface area contributed by atoms with Crippen LogP contribution in [0.4, 0.5) is 16.2 Å². The maximum Gasteiger partial charge on any atom is 0.326 e. The van der Waals surface area contributed by atoms with Crippen LogP contribution in [-0.4, -0.2) is 34.2 Å². The van der Waals surface area contributed by atoms with Gasteiger partial charge in [0.1, 0.15) is 6.54 Å². The summed E-state index contributed by atoms with van der Waals surface area (Å²) < 4.78 is 0. The maximum absolute atomic E-state index is 13.5. The van der Waals surface area contributed by atoms with Gasteiger partial charge in [0.25, 0.3) is 11.6 Å². The highest BCUT2D eigenvalue weighted by Crippen LogP contribution is 2.35. The normalized spacial score (nSPS) is 14.7. The molecule has 9 nitrogen and oxygen atoms in total. The molecule has 0 saturated carbocycles. The molecule has 3 aromatic rings. The minimum atomic E-state index is -1.45. The standard InChI is InChI=1S/C23H18N4O5/c28-20(24-18-11-13-19(14-12-18)27(31)32)15-26-21(29)23(25-22(26)30,16-7-3-1-4-8-16)17-9-5-2-6-10-17/h1-14H,15H2,(H,24,28)(H,25,30). The molecule has 9 heteroatoms. The Kier molecular flexibility index (Phi) is 5.38. The number of hydrogen-bond acceptors (Lipinski definition) is 5. The van der Waals surface area contributed by atoms with Crippen LogP contribution in [0.15, 0.2) is 84.9 Å². The van der Waals surface area contributed by atoms with E-state index in [2.05, 4.69) is 10.6 Å². The number of hydrogen-bond donors (Lipinski definition) is 2. The average Bonchev–Trinajstić information content (AvgIpc) is 3.06. The highest BCUT2D eigenvalue weighted by Gasteiger charge is 2.54. The maximum atomic E-state index is 13.5. The van der Waals surface area contributed by atoms with Gasteiger partial charge < -0.3 is 10.6 Å². The van der Waals surface area contributed by atoms with E-state index in [9.17, 15) is 24.5 Å². The molecule has 0 aromatic heterocycles. The number of urea groups is 1. The summed E-state index contributed by atoms with van der Waals surface area (Å²) in [5, 5.41) is 16.1. The van der Waals surface area contributed by atoms with Gasteiger partial charge in [0, 0.05) is 17.8 Å². The summed E-state index contributed by atoms with van der Waals surface area (Å²) in [6.45, 7) is -0.511. The second-order valence-electron chi connectivity index (χ2n) is 7.16. The molecule has 0 unspecified atom stereocenters. The predicted octanol–water partition coefficient (Wildman–Crippen LogP) is 3.03. The molecule has 0 bridgehead atoms. The molecule has 1 fully saturated rings. The lowest BCUT2D eigenvalue weighted by molar-refractivity contribution is -0.384. The van der Waals surface area contributed by atoms with Crippen molar-refractivity contribution in [2.45, 2.75) is 5.54 Å². The number of nitro groups is 1. The van der Waals surface area contributed by atoms with E-state index in [0.717, 1.165) is 4.90 Å². The molecular formula is C23H18N4O5. The van der Waals surface area contributed by atoms with E-state index < -0.39 is 34.9 Å². The van der Waals surface area contributed by atoms with Crippen molar-refractivity contribution in [2.24, 2.45) is 0 Å². The number of amides is 4. The predicted molar refractivity (Wildman–Crippen MR) is 116 cm³/mol. The topological polar surface area (TPSA) is 122 Å². The molecule has 0 aliphatic carbocycles. The number of nitrogens with one attached hydrogen (secondary N) is 2. The zero-order valence-corrected chi connectivity index (χ0v) is 16.7. The van der Waals surface area contributed by atoms with E-state index >= 15 is 0 Å². The van der Waals surface area contributed by atoms with Crippen LogP contribution in [0.5, 0.6) is 0 Å². The van der Waals surface area contributed by atoms with E-state index in [0.29, 0.717) is 16.8 Å². The first-order valence-corrected chi connectivity index (χ1v) is 9.71. The molecule has 1 heterocycles. The van der Waals surface area contributed by atoms with E-state index in [-0.39, 0.29) is 5.69 Å². The molecule has 4 amide bonds. The lowest BCUT2D eigenvalue weighted by Gasteiger charge is -2.28. The summed E-state index contributed by atoms with van der Waals surface area (Å²) in [4.78, 5) is 49.9. The van der Waals surface area contributed by atoms with Crippen molar-refractivity contribution < 1.29 is 19.3 Å². The number of carbonyl (C=O) groups is 3. The monoisotopic (exact) mass is 430 g/mol. The van der Waals surface area contributed by atoms with Crippen LogP contribution in [0.2, 0.25) is 0 Å². The van der Waals surface area contributed by atoms with Gasteiger partial charge in [-0.3, -0.25) is 24.6 Å². The van der Waals surface area contributed by atoms with Gasteiger partial charge in [-0.15, -0.1) is 0 Å².